The first-order valence-electron chi connectivity index (χ1n) is 7.86. The zero-order valence-electron chi connectivity index (χ0n) is 13.6. The second kappa shape index (κ2) is 7.03. The Morgan fingerprint density at radius 1 is 1.35 bits per heavy atom. The highest BCUT2D eigenvalue weighted by Crippen LogP contribution is 2.37. The molecule has 0 fully saturated rings. The molecular formula is C17H16ClF3N4O. The Morgan fingerprint density at radius 3 is 2.65 bits per heavy atom. The molecule has 1 unspecified atom stereocenters. The Labute approximate surface area is 153 Å². The van der Waals surface area contributed by atoms with E-state index in [0.29, 0.717) is 36.2 Å². The number of rotatable bonds is 4. The second-order valence-corrected chi connectivity index (χ2v) is 6.38. The summed E-state index contributed by atoms with van der Waals surface area (Å²) in [4.78, 5) is 13.2. The van der Waals surface area contributed by atoms with Crippen LogP contribution in [0.1, 0.15) is 5.56 Å². The Bertz CT molecular complexity index is 816. The van der Waals surface area contributed by atoms with Crippen molar-refractivity contribution in [3.05, 3.63) is 53.7 Å². The van der Waals surface area contributed by atoms with Crippen molar-refractivity contribution in [1.29, 1.82) is 0 Å². The minimum atomic E-state index is -4.39. The van der Waals surface area contributed by atoms with E-state index in [4.69, 9.17) is 11.6 Å². The molecular weight excluding hydrogens is 369 g/mol. The molecule has 0 bridgehead atoms. The summed E-state index contributed by atoms with van der Waals surface area (Å²) >= 11 is 6.22. The molecule has 1 aromatic heterocycles. The molecule has 1 aromatic carbocycles. The lowest BCUT2D eigenvalue weighted by atomic mass is 10.1. The summed E-state index contributed by atoms with van der Waals surface area (Å²) in [7, 11) is 0. The van der Waals surface area contributed by atoms with Crippen molar-refractivity contribution in [3.63, 3.8) is 0 Å². The largest absolute Gasteiger partial charge is 0.416 e. The lowest BCUT2D eigenvalue weighted by Crippen LogP contribution is -2.41. The fourth-order valence-electron chi connectivity index (χ4n) is 2.91. The molecule has 1 aliphatic heterocycles. The van der Waals surface area contributed by atoms with E-state index in [-0.39, 0.29) is 11.8 Å². The SMILES string of the molecule is C=CC(=O)NCC1CN(c2ccc(C(F)(F)F)cc2)c2c(Cl)cnn2C1. The number of carbonyl (C=O) groups excluding carboxylic acids is 1. The molecule has 0 aliphatic carbocycles. The monoisotopic (exact) mass is 384 g/mol. The van der Waals surface area contributed by atoms with Crippen LogP contribution < -0.4 is 10.2 Å². The van der Waals surface area contributed by atoms with Gasteiger partial charge >= 0.3 is 6.18 Å². The summed E-state index contributed by atoms with van der Waals surface area (Å²) in [6, 6.07) is 4.88. The maximum absolute atomic E-state index is 12.8. The number of benzene rings is 1. The number of hydrogen-bond donors (Lipinski definition) is 1. The van der Waals surface area contributed by atoms with E-state index >= 15 is 0 Å². The van der Waals surface area contributed by atoms with Gasteiger partial charge in [0.25, 0.3) is 0 Å². The van der Waals surface area contributed by atoms with Gasteiger partial charge in [0.05, 0.1) is 11.8 Å². The quantitative estimate of drug-likeness (QED) is 0.819. The van der Waals surface area contributed by atoms with Crippen molar-refractivity contribution in [1.82, 2.24) is 15.1 Å². The zero-order valence-corrected chi connectivity index (χ0v) is 14.4. The number of nitrogens with zero attached hydrogens (tertiary/aromatic N) is 3. The number of carbonyl (C=O) groups is 1. The summed E-state index contributed by atoms with van der Waals surface area (Å²) in [5.74, 6) is 0.345. The first kappa shape index (κ1) is 18.3. The van der Waals surface area contributed by atoms with E-state index in [1.54, 1.807) is 4.68 Å². The van der Waals surface area contributed by atoms with E-state index in [1.807, 2.05) is 4.90 Å². The van der Waals surface area contributed by atoms with Gasteiger partial charge in [-0.1, -0.05) is 18.2 Å². The van der Waals surface area contributed by atoms with Crippen molar-refractivity contribution >= 4 is 29.0 Å². The molecule has 2 heterocycles. The van der Waals surface area contributed by atoms with Gasteiger partial charge in [0.2, 0.25) is 5.91 Å². The van der Waals surface area contributed by atoms with Crippen molar-refractivity contribution in [2.45, 2.75) is 12.7 Å². The van der Waals surface area contributed by atoms with Crippen molar-refractivity contribution in [2.24, 2.45) is 5.92 Å². The van der Waals surface area contributed by atoms with Gasteiger partial charge in [-0.05, 0) is 30.3 Å². The maximum Gasteiger partial charge on any atom is 0.416 e. The van der Waals surface area contributed by atoms with Crippen LogP contribution in [0.3, 0.4) is 0 Å². The smallest absolute Gasteiger partial charge is 0.352 e. The highest BCUT2D eigenvalue weighted by atomic mass is 35.5. The molecule has 1 aliphatic rings. The Morgan fingerprint density at radius 2 is 2.04 bits per heavy atom. The van der Waals surface area contributed by atoms with Gasteiger partial charge < -0.3 is 10.2 Å². The van der Waals surface area contributed by atoms with Gasteiger partial charge in [-0.3, -0.25) is 4.79 Å². The third-order valence-corrected chi connectivity index (χ3v) is 4.42. The molecule has 1 atom stereocenters. The van der Waals surface area contributed by atoms with Crippen LogP contribution >= 0.6 is 11.6 Å². The number of anilines is 2. The fourth-order valence-corrected chi connectivity index (χ4v) is 3.15. The fraction of sp³-hybridized carbons (Fsp3) is 0.294. The van der Waals surface area contributed by atoms with E-state index in [0.717, 1.165) is 12.1 Å². The van der Waals surface area contributed by atoms with E-state index < -0.39 is 11.7 Å². The normalized spacial score (nSPS) is 16.9. The molecule has 0 saturated heterocycles. The minimum absolute atomic E-state index is 0.00431. The van der Waals surface area contributed by atoms with Crippen LogP contribution in [0.15, 0.2) is 43.1 Å². The van der Waals surface area contributed by atoms with Crippen LogP contribution in [0.25, 0.3) is 0 Å². The lowest BCUT2D eigenvalue weighted by Gasteiger charge is -2.35. The number of alkyl halides is 3. The number of hydrogen-bond acceptors (Lipinski definition) is 3. The van der Waals surface area contributed by atoms with Gasteiger partial charge in [0.15, 0.2) is 0 Å². The molecule has 138 valence electrons. The summed E-state index contributed by atoms with van der Waals surface area (Å²) in [5.41, 5.74) is -0.144. The topological polar surface area (TPSA) is 50.2 Å². The van der Waals surface area contributed by atoms with Crippen molar-refractivity contribution in [3.8, 4) is 0 Å². The molecule has 0 spiro atoms. The number of aromatic nitrogens is 2. The van der Waals surface area contributed by atoms with Crippen LogP contribution in [0, 0.1) is 5.92 Å². The maximum atomic E-state index is 12.8. The molecule has 3 rings (SSSR count). The molecule has 5 nitrogen and oxygen atoms in total. The Kier molecular flexibility index (Phi) is 4.95. The molecule has 2 aromatic rings. The van der Waals surface area contributed by atoms with Crippen molar-refractivity contribution < 1.29 is 18.0 Å². The van der Waals surface area contributed by atoms with Crippen LogP contribution in [-0.2, 0) is 17.5 Å². The van der Waals surface area contributed by atoms with Crippen LogP contribution in [0.2, 0.25) is 5.02 Å². The highest BCUT2D eigenvalue weighted by molar-refractivity contribution is 6.33. The predicted molar refractivity (Wildman–Crippen MR) is 92.4 cm³/mol. The molecule has 1 amide bonds. The highest BCUT2D eigenvalue weighted by Gasteiger charge is 2.32. The van der Waals surface area contributed by atoms with E-state index in [2.05, 4.69) is 17.0 Å². The first-order chi connectivity index (χ1) is 12.3. The van der Waals surface area contributed by atoms with Crippen LogP contribution in [0.5, 0.6) is 0 Å². The number of amides is 1. The van der Waals surface area contributed by atoms with Gasteiger partial charge in [-0.25, -0.2) is 4.68 Å². The van der Waals surface area contributed by atoms with Gasteiger partial charge in [0.1, 0.15) is 10.8 Å². The van der Waals surface area contributed by atoms with Gasteiger partial charge in [-0.15, -0.1) is 0 Å². The number of fused-ring (bicyclic) bond motifs is 1. The Balaban J connectivity index is 1.87. The summed E-state index contributed by atoms with van der Waals surface area (Å²) in [6.45, 7) is 4.81. The molecule has 1 N–H and O–H groups in total. The number of halogens is 4. The third kappa shape index (κ3) is 3.70. The average Bonchev–Trinajstić information content (AvgIpc) is 2.99. The van der Waals surface area contributed by atoms with E-state index in [9.17, 15) is 18.0 Å². The van der Waals surface area contributed by atoms with Crippen LogP contribution in [0.4, 0.5) is 24.7 Å². The first-order valence-corrected chi connectivity index (χ1v) is 8.23. The zero-order chi connectivity index (χ0) is 18.9. The molecule has 0 radical (unpaired) electrons. The summed E-state index contributed by atoms with van der Waals surface area (Å²) < 4.78 is 40.1. The molecule has 0 saturated carbocycles. The van der Waals surface area contributed by atoms with Gasteiger partial charge in [-0.2, -0.15) is 18.3 Å². The van der Waals surface area contributed by atoms with Gasteiger partial charge in [0, 0.05) is 31.2 Å². The predicted octanol–water partition coefficient (Wildman–Crippen LogP) is 3.63. The summed E-state index contributed by atoms with van der Waals surface area (Å²) in [5, 5.41) is 7.37. The summed E-state index contributed by atoms with van der Waals surface area (Å²) in [6.07, 6.45) is -1.71. The lowest BCUT2D eigenvalue weighted by molar-refractivity contribution is -0.137. The standard InChI is InChI=1S/C17H16ClF3N4O/c1-2-15(26)22-7-11-9-24(16-14(18)8-23-25(16)10-11)13-5-3-12(4-6-13)17(19,20)21/h2-6,8,11H,1,7,9-10H2,(H,22,26). The third-order valence-electron chi connectivity index (χ3n) is 4.15. The molecule has 9 heteroatoms. The van der Waals surface area contributed by atoms with E-state index in [1.165, 1.54) is 24.4 Å². The van der Waals surface area contributed by atoms with Crippen molar-refractivity contribution in [2.75, 3.05) is 18.0 Å². The number of nitrogens with one attached hydrogen (secondary N) is 1. The minimum Gasteiger partial charge on any atom is -0.352 e. The van der Waals surface area contributed by atoms with Crippen LogP contribution in [-0.4, -0.2) is 28.8 Å². The second-order valence-electron chi connectivity index (χ2n) is 5.97. The Hall–Kier alpha value is -2.48. The average molecular weight is 385 g/mol. The molecule has 26 heavy (non-hydrogen) atoms.